The molecule has 7 nitrogen and oxygen atoms in total. The highest BCUT2D eigenvalue weighted by Gasteiger charge is 2.14. The van der Waals surface area contributed by atoms with Crippen molar-refractivity contribution < 1.29 is 9.66 Å². The van der Waals surface area contributed by atoms with Crippen molar-refractivity contribution in [1.29, 1.82) is 0 Å². The molecule has 0 saturated heterocycles. The number of hydrogen-bond donors (Lipinski definition) is 2. The van der Waals surface area contributed by atoms with Crippen molar-refractivity contribution in [2.75, 3.05) is 12.4 Å². The van der Waals surface area contributed by atoms with Gasteiger partial charge in [-0.2, -0.15) is 0 Å². The molecule has 0 aliphatic carbocycles. The van der Waals surface area contributed by atoms with Crippen molar-refractivity contribution in [3.8, 4) is 5.75 Å². The second kappa shape index (κ2) is 5.17. The Morgan fingerprint density at radius 3 is 3.00 bits per heavy atom. The van der Waals surface area contributed by atoms with Crippen LogP contribution in [0.1, 0.15) is 5.69 Å². The van der Waals surface area contributed by atoms with Crippen LogP contribution < -0.4 is 10.1 Å². The predicted octanol–water partition coefficient (Wildman–Crippen LogP) is 1.94. The molecule has 1 aromatic heterocycles. The van der Waals surface area contributed by atoms with Crippen LogP contribution in [0.25, 0.3) is 0 Å². The van der Waals surface area contributed by atoms with E-state index in [1.165, 1.54) is 13.2 Å². The summed E-state index contributed by atoms with van der Waals surface area (Å²) in [5.41, 5.74) is 1.61. The number of imidazole rings is 1. The molecule has 0 saturated carbocycles. The summed E-state index contributed by atoms with van der Waals surface area (Å²) in [6.45, 7) is 0.557. The molecule has 2 aromatic rings. The first-order valence-corrected chi connectivity index (χ1v) is 5.24. The Bertz CT molecular complexity index is 539. The number of nitro benzene ring substituents is 1. The van der Waals surface area contributed by atoms with Gasteiger partial charge >= 0.3 is 5.69 Å². The average molecular weight is 248 g/mol. The molecule has 0 aliphatic rings. The van der Waals surface area contributed by atoms with Crippen LogP contribution in [0.15, 0.2) is 30.7 Å². The lowest BCUT2D eigenvalue weighted by atomic mass is 10.2. The third kappa shape index (κ3) is 2.57. The fraction of sp³-hybridized carbons (Fsp3) is 0.182. The van der Waals surface area contributed by atoms with Crippen molar-refractivity contribution >= 4 is 11.4 Å². The Labute approximate surface area is 103 Å². The molecule has 0 fully saturated rings. The van der Waals surface area contributed by atoms with Crippen LogP contribution >= 0.6 is 0 Å². The summed E-state index contributed by atoms with van der Waals surface area (Å²) in [4.78, 5) is 17.1. The molecule has 7 heteroatoms. The van der Waals surface area contributed by atoms with Gasteiger partial charge in [-0.15, -0.1) is 0 Å². The van der Waals surface area contributed by atoms with Gasteiger partial charge in [-0.05, 0) is 6.07 Å². The largest absolute Gasteiger partial charge is 0.490 e. The van der Waals surface area contributed by atoms with Gasteiger partial charge in [0.2, 0.25) is 0 Å². The maximum absolute atomic E-state index is 10.7. The van der Waals surface area contributed by atoms with Gasteiger partial charge in [-0.3, -0.25) is 10.1 Å². The molecule has 0 bridgehead atoms. The van der Waals surface area contributed by atoms with Crippen LogP contribution in [0.5, 0.6) is 5.75 Å². The molecule has 0 aliphatic heterocycles. The third-order valence-electron chi connectivity index (χ3n) is 2.41. The van der Waals surface area contributed by atoms with E-state index in [2.05, 4.69) is 15.3 Å². The van der Waals surface area contributed by atoms with Crippen molar-refractivity contribution in [1.82, 2.24) is 9.97 Å². The van der Waals surface area contributed by atoms with Crippen molar-refractivity contribution in [2.24, 2.45) is 0 Å². The number of benzene rings is 1. The van der Waals surface area contributed by atoms with Crippen LogP contribution in [0.2, 0.25) is 0 Å². The van der Waals surface area contributed by atoms with Crippen molar-refractivity contribution in [3.63, 3.8) is 0 Å². The minimum absolute atomic E-state index is 0.0513. The zero-order chi connectivity index (χ0) is 13.0. The third-order valence-corrected chi connectivity index (χ3v) is 2.41. The van der Waals surface area contributed by atoms with E-state index >= 15 is 0 Å². The minimum Gasteiger partial charge on any atom is -0.490 e. The molecule has 94 valence electrons. The predicted molar refractivity (Wildman–Crippen MR) is 65.6 cm³/mol. The SMILES string of the molecule is COc1cc(NCc2cnc[nH]2)ccc1[N+](=O)[O-]. The molecule has 1 heterocycles. The standard InChI is InChI=1S/C11H12N4O3/c1-18-11-4-8(2-3-10(11)15(16)17)13-6-9-5-12-7-14-9/h2-5,7,13H,6H2,1H3,(H,12,14). The maximum atomic E-state index is 10.7. The fourth-order valence-electron chi connectivity index (χ4n) is 1.52. The molecule has 2 N–H and O–H groups in total. The summed E-state index contributed by atoms with van der Waals surface area (Å²) in [6.07, 6.45) is 3.29. The van der Waals surface area contributed by atoms with Gasteiger partial charge in [-0.1, -0.05) is 0 Å². The molecule has 0 amide bonds. The Balaban J connectivity index is 2.12. The fourth-order valence-corrected chi connectivity index (χ4v) is 1.52. The molecule has 0 atom stereocenters. The second-order valence-electron chi connectivity index (χ2n) is 3.57. The monoisotopic (exact) mass is 248 g/mol. The number of aromatic nitrogens is 2. The number of aromatic amines is 1. The molecule has 18 heavy (non-hydrogen) atoms. The van der Waals surface area contributed by atoms with Gasteiger partial charge < -0.3 is 15.0 Å². The van der Waals surface area contributed by atoms with E-state index in [-0.39, 0.29) is 11.4 Å². The average Bonchev–Trinajstić information content (AvgIpc) is 2.88. The summed E-state index contributed by atoms with van der Waals surface area (Å²) >= 11 is 0. The van der Waals surface area contributed by atoms with Gasteiger partial charge in [0, 0.05) is 24.0 Å². The first-order chi connectivity index (χ1) is 8.70. The smallest absolute Gasteiger partial charge is 0.311 e. The number of nitrogens with one attached hydrogen (secondary N) is 2. The number of nitro groups is 1. The zero-order valence-corrected chi connectivity index (χ0v) is 9.71. The lowest BCUT2D eigenvalue weighted by Crippen LogP contribution is -2.01. The Morgan fingerprint density at radius 2 is 2.39 bits per heavy atom. The summed E-state index contributed by atoms with van der Waals surface area (Å²) < 4.78 is 4.98. The van der Waals surface area contributed by atoms with E-state index < -0.39 is 4.92 Å². The number of anilines is 1. The molecular weight excluding hydrogens is 236 g/mol. The van der Waals surface area contributed by atoms with E-state index in [1.54, 1.807) is 24.7 Å². The molecule has 0 spiro atoms. The van der Waals surface area contributed by atoms with Crippen LogP contribution in [0.4, 0.5) is 11.4 Å². The minimum atomic E-state index is -0.475. The second-order valence-corrected chi connectivity index (χ2v) is 3.57. The highest BCUT2D eigenvalue weighted by atomic mass is 16.6. The zero-order valence-electron chi connectivity index (χ0n) is 9.71. The topological polar surface area (TPSA) is 93.1 Å². The van der Waals surface area contributed by atoms with Gasteiger partial charge in [0.25, 0.3) is 0 Å². The van der Waals surface area contributed by atoms with Gasteiger partial charge in [-0.25, -0.2) is 4.98 Å². The number of nitrogens with zero attached hydrogens (tertiary/aromatic N) is 2. The number of rotatable bonds is 5. The van der Waals surface area contributed by atoms with Crippen LogP contribution in [0.3, 0.4) is 0 Å². The van der Waals surface area contributed by atoms with E-state index in [0.29, 0.717) is 6.54 Å². The van der Waals surface area contributed by atoms with E-state index in [4.69, 9.17) is 4.74 Å². The summed E-state index contributed by atoms with van der Waals surface area (Å²) in [5.74, 6) is 0.231. The Kier molecular flexibility index (Phi) is 3.42. The molecule has 0 unspecified atom stereocenters. The van der Waals surface area contributed by atoms with E-state index in [1.807, 2.05) is 0 Å². The van der Waals surface area contributed by atoms with E-state index in [0.717, 1.165) is 11.4 Å². The van der Waals surface area contributed by atoms with E-state index in [9.17, 15) is 10.1 Å². The number of hydrogen-bond acceptors (Lipinski definition) is 5. The first-order valence-electron chi connectivity index (χ1n) is 5.24. The highest BCUT2D eigenvalue weighted by Crippen LogP contribution is 2.29. The summed E-state index contributed by atoms with van der Waals surface area (Å²) in [7, 11) is 1.40. The van der Waals surface area contributed by atoms with Gasteiger partial charge in [0.15, 0.2) is 5.75 Å². The number of ether oxygens (including phenoxy) is 1. The quantitative estimate of drug-likeness (QED) is 0.623. The highest BCUT2D eigenvalue weighted by molar-refractivity contribution is 5.57. The normalized spacial score (nSPS) is 10.1. The van der Waals surface area contributed by atoms with Crippen LogP contribution in [-0.2, 0) is 6.54 Å². The van der Waals surface area contributed by atoms with Crippen LogP contribution in [0, 0.1) is 10.1 Å². The summed E-state index contributed by atoms with van der Waals surface area (Å²) in [6, 6.07) is 4.64. The number of H-pyrrole nitrogens is 1. The van der Waals surface area contributed by atoms with Gasteiger partial charge in [0.05, 0.1) is 30.6 Å². The molecular formula is C11H12N4O3. The summed E-state index contributed by atoms with van der Waals surface area (Å²) in [5, 5.41) is 13.8. The van der Waals surface area contributed by atoms with Crippen LogP contribution in [-0.4, -0.2) is 22.0 Å². The van der Waals surface area contributed by atoms with Crippen molar-refractivity contribution in [2.45, 2.75) is 6.54 Å². The lowest BCUT2D eigenvalue weighted by molar-refractivity contribution is -0.385. The maximum Gasteiger partial charge on any atom is 0.311 e. The lowest BCUT2D eigenvalue weighted by Gasteiger charge is -2.07. The number of methoxy groups -OCH3 is 1. The van der Waals surface area contributed by atoms with Gasteiger partial charge in [0.1, 0.15) is 0 Å². The molecule has 0 radical (unpaired) electrons. The Morgan fingerprint density at radius 1 is 1.56 bits per heavy atom. The van der Waals surface area contributed by atoms with Crippen molar-refractivity contribution in [3.05, 3.63) is 46.5 Å². The first kappa shape index (κ1) is 11.9. The molecule has 1 aromatic carbocycles. The Hall–Kier alpha value is -2.57. The molecule has 2 rings (SSSR count).